The third kappa shape index (κ3) is 5.37. The highest BCUT2D eigenvalue weighted by atomic mass is 19.4. The molecular formula is C21H19F4N3O2. The first-order valence-corrected chi connectivity index (χ1v) is 9.02. The summed E-state index contributed by atoms with van der Waals surface area (Å²) >= 11 is 0. The maximum Gasteiger partial charge on any atom is 0.422 e. The Kier molecular flexibility index (Phi) is 6.09. The highest BCUT2D eigenvalue weighted by molar-refractivity contribution is 6.05. The second-order valence-electron chi connectivity index (χ2n) is 6.72. The molecule has 1 amide bonds. The summed E-state index contributed by atoms with van der Waals surface area (Å²) in [7, 11) is 0. The predicted octanol–water partition coefficient (Wildman–Crippen LogP) is 4.88. The molecule has 5 nitrogen and oxygen atoms in total. The number of rotatable bonds is 6. The van der Waals surface area contributed by atoms with E-state index in [1.165, 1.54) is 36.4 Å². The van der Waals surface area contributed by atoms with E-state index in [-0.39, 0.29) is 17.1 Å². The van der Waals surface area contributed by atoms with Gasteiger partial charge in [0, 0.05) is 5.56 Å². The van der Waals surface area contributed by atoms with E-state index in [0.29, 0.717) is 23.6 Å². The predicted molar refractivity (Wildman–Crippen MR) is 103 cm³/mol. The standard InChI is InChI=1S/C21H19F4N3O2/c1-13-19(14(2)28(27-13)11-15-6-8-17(22)9-7-15)26-20(29)16-4-3-5-18(10-16)30-12-21(23,24)25/h3-10H,11-12H2,1-2H3,(H,26,29). The van der Waals surface area contributed by atoms with Crippen LogP contribution in [0.5, 0.6) is 5.75 Å². The highest BCUT2D eigenvalue weighted by Crippen LogP contribution is 2.23. The van der Waals surface area contributed by atoms with Crippen LogP contribution in [0, 0.1) is 19.7 Å². The van der Waals surface area contributed by atoms with Gasteiger partial charge >= 0.3 is 6.18 Å². The van der Waals surface area contributed by atoms with Crippen molar-refractivity contribution >= 4 is 11.6 Å². The first kappa shape index (κ1) is 21.4. The highest BCUT2D eigenvalue weighted by Gasteiger charge is 2.28. The molecule has 1 heterocycles. The quantitative estimate of drug-likeness (QED) is 0.577. The number of hydrogen-bond donors (Lipinski definition) is 1. The first-order valence-electron chi connectivity index (χ1n) is 9.02. The number of nitrogens with zero attached hydrogens (tertiary/aromatic N) is 2. The maximum absolute atomic E-state index is 13.1. The molecule has 0 bridgehead atoms. The van der Waals surface area contributed by atoms with E-state index >= 15 is 0 Å². The molecule has 3 rings (SSSR count). The van der Waals surface area contributed by atoms with Crippen molar-refractivity contribution in [3.8, 4) is 5.75 Å². The van der Waals surface area contributed by atoms with Crippen LogP contribution in [-0.4, -0.2) is 28.5 Å². The molecule has 1 aromatic heterocycles. The third-order valence-corrected chi connectivity index (χ3v) is 4.36. The summed E-state index contributed by atoms with van der Waals surface area (Å²) in [5, 5.41) is 7.16. The summed E-state index contributed by atoms with van der Waals surface area (Å²) in [6, 6.07) is 11.5. The van der Waals surface area contributed by atoms with Crippen LogP contribution in [0.1, 0.15) is 27.3 Å². The van der Waals surface area contributed by atoms with Crippen molar-refractivity contribution in [1.29, 1.82) is 0 Å². The number of hydrogen-bond acceptors (Lipinski definition) is 3. The van der Waals surface area contributed by atoms with Crippen LogP contribution in [-0.2, 0) is 6.54 Å². The van der Waals surface area contributed by atoms with E-state index in [4.69, 9.17) is 0 Å². The Balaban J connectivity index is 1.74. The summed E-state index contributed by atoms with van der Waals surface area (Å²) in [6.07, 6.45) is -4.47. The van der Waals surface area contributed by atoms with E-state index < -0.39 is 18.7 Å². The van der Waals surface area contributed by atoms with E-state index in [1.54, 1.807) is 30.7 Å². The number of aromatic nitrogens is 2. The van der Waals surface area contributed by atoms with Crippen LogP contribution in [0.4, 0.5) is 23.2 Å². The lowest BCUT2D eigenvalue weighted by molar-refractivity contribution is -0.153. The number of nitrogens with one attached hydrogen (secondary N) is 1. The molecular weight excluding hydrogens is 402 g/mol. The summed E-state index contributed by atoms with van der Waals surface area (Å²) in [4.78, 5) is 12.6. The summed E-state index contributed by atoms with van der Waals surface area (Å²) in [6.45, 7) is 2.46. The van der Waals surface area contributed by atoms with Crippen molar-refractivity contribution < 1.29 is 27.1 Å². The van der Waals surface area contributed by atoms with Crippen LogP contribution < -0.4 is 10.1 Å². The topological polar surface area (TPSA) is 56.2 Å². The Bertz CT molecular complexity index is 1040. The molecule has 2 aromatic carbocycles. The minimum Gasteiger partial charge on any atom is -0.484 e. The second kappa shape index (κ2) is 8.56. The van der Waals surface area contributed by atoms with Gasteiger partial charge in [-0.05, 0) is 49.7 Å². The number of aryl methyl sites for hydroxylation is 1. The molecule has 3 aromatic rings. The SMILES string of the molecule is Cc1nn(Cc2ccc(F)cc2)c(C)c1NC(=O)c1cccc(OCC(F)(F)F)c1. The number of carbonyl (C=O) groups excluding carboxylic acids is 1. The number of alkyl halides is 3. The van der Waals surface area contributed by atoms with E-state index in [0.717, 1.165) is 5.56 Å². The minimum atomic E-state index is -4.47. The third-order valence-electron chi connectivity index (χ3n) is 4.36. The van der Waals surface area contributed by atoms with Crippen LogP contribution in [0.3, 0.4) is 0 Å². The van der Waals surface area contributed by atoms with Crippen molar-refractivity contribution in [2.24, 2.45) is 0 Å². The fraction of sp³-hybridized carbons (Fsp3) is 0.238. The molecule has 0 aliphatic rings. The molecule has 0 radical (unpaired) electrons. The molecule has 0 aliphatic carbocycles. The second-order valence-corrected chi connectivity index (χ2v) is 6.72. The summed E-state index contributed by atoms with van der Waals surface area (Å²) in [5.41, 5.74) is 2.76. The van der Waals surface area contributed by atoms with Crippen molar-refractivity contribution in [1.82, 2.24) is 9.78 Å². The number of halogens is 4. The zero-order chi connectivity index (χ0) is 21.9. The summed E-state index contributed by atoms with van der Waals surface area (Å²) < 4.78 is 56.4. The van der Waals surface area contributed by atoms with Gasteiger partial charge in [0.15, 0.2) is 6.61 Å². The zero-order valence-electron chi connectivity index (χ0n) is 16.3. The lowest BCUT2D eigenvalue weighted by Gasteiger charge is -2.11. The largest absolute Gasteiger partial charge is 0.484 e. The molecule has 9 heteroatoms. The van der Waals surface area contributed by atoms with Crippen LogP contribution >= 0.6 is 0 Å². The zero-order valence-corrected chi connectivity index (χ0v) is 16.3. The van der Waals surface area contributed by atoms with Crippen molar-refractivity contribution in [2.75, 3.05) is 11.9 Å². The molecule has 158 valence electrons. The molecule has 0 spiro atoms. The van der Waals surface area contributed by atoms with E-state index in [9.17, 15) is 22.4 Å². The fourth-order valence-corrected chi connectivity index (χ4v) is 2.87. The van der Waals surface area contributed by atoms with Gasteiger partial charge in [0.25, 0.3) is 5.91 Å². The van der Waals surface area contributed by atoms with Crippen molar-refractivity contribution in [2.45, 2.75) is 26.6 Å². The Morgan fingerprint density at radius 3 is 2.50 bits per heavy atom. The fourth-order valence-electron chi connectivity index (χ4n) is 2.87. The average Bonchev–Trinajstić information content (AvgIpc) is 2.95. The summed E-state index contributed by atoms with van der Waals surface area (Å²) in [5.74, 6) is -0.887. The van der Waals surface area contributed by atoms with Crippen LogP contribution in [0.15, 0.2) is 48.5 Å². The lowest BCUT2D eigenvalue weighted by atomic mass is 10.2. The van der Waals surface area contributed by atoms with Crippen molar-refractivity contribution in [3.05, 3.63) is 76.9 Å². The Labute approximate surface area is 170 Å². The van der Waals surface area contributed by atoms with Crippen LogP contribution in [0.2, 0.25) is 0 Å². The van der Waals surface area contributed by atoms with Gasteiger partial charge in [-0.15, -0.1) is 0 Å². The van der Waals surface area contributed by atoms with Gasteiger partial charge in [-0.2, -0.15) is 18.3 Å². The van der Waals surface area contributed by atoms with E-state index in [1.807, 2.05) is 0 Å². The Hall–Kier alpha value is -3.36. The van der Waals surface area contributed by atoms with Crippen LogP contribution in [0.25, 0.3) is 0 Å². The average molecular weight is 421 g/mol. The number of benzene rings is 2. The van der Waals surface area contributed by atoms with Gasteiger partial charge in [-0.3, -0.25) is 9.48 Å². The van der Waals surface area contributed by atoms with E-state index in [2.05, 4.69) is 15.2 Å². The molecule has 0 saturated heterocycles. The first-order chi connectivity index (χ1) is 14.1. The monoisotopic (exact) mass is 421 g/mol. The van der Waals surface area contributed by atoms with Gasteiger partial charge < -0.3 is 10.1 Å². The van der Waals surface area contributed by atoms with Gasteiger partial charge in [0.05, 0.1) is 23.6 Å². The lowest BCUT2D eigenvalue weighted by Crippen LogP contribution is -2.19. The molecule has 0 saturated carbocycles. The normalized spacial score (nSPS) is 11.4. The Morgan fingerprint density at radius 2 is 1.83 bits per heavy atom. The number of amides is 1. The number of ether oxygens (including phenoxy) is 1. The molecule has 1 N–H and O–H groups in total. The maximum atomic E-state index is 13.1. The molecule has 0 aliphatic heterocycles. The number of carbonyl (C=O) groups is 1. The molecule has 30 heavy (non-hydrogen) atoms. The molecule has 0 fully saturated rings. The Morgan fingerprint density at radius 1 is 1.13 bits per heavy atom. The molecule has 0 unspecified atom stereocenters. The van der Waals surface area contributed by atoms with Gasteiger partial charge in [-0.25, -0.2) is 4.39 Å². The minimum absolute atomic E-state index is 0.0552. The van der Waals surface area contributed by atoms with Gasteiger partial charge in [0.2, 0.25) is 0 Å². The smallest absolute Gasteiger partial charge is 0.422 e. The number of anilines is 1. The van der Waals surface area contributed by atoms with Crippen molar-refractivity contribution in [3.63, 3.8) is 0 Å². The van der Waals surface area contributed by atoms with Gasteiger partial charge in [-0.1, -0.05) is 18.2 Å². The van der Waals surface area contributed by atoms with Gasteiger partial charge in [0.1, 0.15) is 11.6 Å². The molecule has 0 atom stereocenters.